The van der Waals surface area contributed by atoms with Crippen LogP contribution in [0.3, 0.4) is 0 Å². The molecule has 0 spiro atoms. The lowest BCUT2D eigenvalue weighted by Gasteiger charge is -2.31. The van der Waals surface area contributed by atoms with Crippen molar-refractivity contribution in [3.05, 3.63) is 29.3 Å². The predicted octanol–water partition coefficient (Wildman–Crippen LogP) is 1.47. The second-order valence-corrected chi connectivity index (χ2v) is 7.35. The van der Waals surface area contributed by atoms with Gasteiger partial charge >= 0.3 is 12.1 Å². The number of piperazine rings is 1. The average molecular weight is 366 g/mol. The quantitative estimate of drug-likeness (QED) is 0.820. The van der Waals surface area contributed by atoms with Crippen molar-refractivity contribution in [1.82, 2.24) is 9.62 Å². The maximum Gasteiger partial charge on any atom is 0.417 e. The van der Waals surface area contributed by atoms with E-state index in [9.17, 15) is 26.4 Å². The highest BCUT2D eigenvalue weighted by atomic mass is 32.2. The van der Waals surface area contributed by atoms with Crippen molar-refractivity contribution in [2.75, 3.05) is 26.7 Å². The first-order chi connectivity index (χ1) is 11.1. The van der Waals surface area contributed by atoms with E-state index in [1.165, 1.54) is 0 Å². The number of nitrogens with one attached hydrogen (secondary N) is 1. The van der Waals surface area contributed by atoms with Crippen molar-refractivity contribution in [2.45, 2.75) is 24.0 Å². The summed E-state index contributed by atoms with van der Waals surface area (Å²) in [6, 6.07) is 2.19. The summed E-state index contributed by atoms with van der Waals surface area (Å²) in [4.78, 5) is 11.0. The molecule has 0 radical (unpaired) electrons. The lowest BCUT2D eigenvalue weighted by atomic mass is 10.1. The van der Waals surface area contributed by atoms with Crippen molar-refractivity contribution in [2.24, 2.45) is 0 Å². The molecule has 0 bridgehead atoms. The molecular formula is C14H17F3N2O4S. The molecule has 1 heterocycles. The number of methoxy groups -OCH3 is 1. The number of nitrogens with zero attached hydrogens (tertiary/aromatic N) is 1. The Bertz CT molecular complexity index is 734. The molecule has 134 valence electrons. The summed E-state index contributed by atoms with van der Waals surface area (Å²) in [5.41, 5.74) is -2.06. The maximum atomic E-state index is 13.2. The molecule has 1 aliphatic heterocycles. The van der Waals surface area contributed by atoms with Crippen molar-refractivity contribution in [3.63, 3.8) is 0 Å². The molecule has 6 nitrogen and oxygen atoms in total. The first kappa shape index (κ1) is 18.7. The third kappa shape index (κ3) is 3.70. The summed E-state index contributed by atoms with van der Waals surface area (Å²) < 4.78 is 70.2. The van der Waals surface area contributed by atoms with E-state index < -0.39 is 38.2 Å². The van der Waals surface area contributed by atoms with Gasteiger partial charge in [-0.2, -0.15) is 17.5 Å². The second-order valence-electron chi connectivity index (χ2n) is 5.41. The topological polar surface area (TPSA) is 75.7 Å². The van der Waals surface area contributed by atoms with Crippen LogP contribution < -0.4 is 5.32 Å². The lowest BCUT2D eigenvalue weighted by molar-refractivity contribution is -0.138. The summed E-state index contributed by atoms with van der Waals surface area (Å²) in [7, 11) is -3.13. The molecule has 1 fully saturated rings. The second kappa shape index (κ2) is 6.69. The average Bonchev–Trinajstić information content (AvgIpc) is 2.52. The number of esters is 1. The van der Waals surface area contributed by atoms with Gasteiger partial charge in [-0.05, 0) is 25.1 Å². The highest BCUT2D eigenvalue weighted by molar-refractivity contribution is 7.89. The number of sulfonamides is 1. The number of carbonyl (C=O) groups is 1. The fourth-order valence-electron chi connectivity index (χ4n) is 2.47. The van der Waals surface area contributed by atoms with Crippen LogP contribution >= 0.6 is 0 Å². The van der Waals surface area contributed by atoms with Gasteiger partial charge in [0.05, 0.1) is 23.1 Å². The minimum atomic E-state index is -4.88. The molecule has 10 heteroatoms. The van der Waals surface area contributed by atoms with Crippen LogP contribution in [0.4, 0.5) is 13.2 Å². The fraction of sp³-hybridized carbons (Fsp3) is 0.500. The molecular weight excluding hydrogens is 349 g/mol. The smallest absolute Gasteiger partial charge is 0.417 e. The largest absolute Gasteiger partial charge is 0.465 e. The number of alkyl halides is 3. The van der Waals surface area contributed by atoms with E-state index in [1.807, 2.05) is 0 Å². The van der Waals surface area contributed by atoms with Crippen molar-refractivity contribution in [3.8, 4) is 0 Å². The van der Waals surface area contributed by atoms with Gasteiger partial charge in [-0.1, -0.05) is 0 Å². The minimum absolute atomic E-state index is 0.107. The summed E-state index contributed by atoms with van der Waals surface area (Å²) in [5, 5.41) is 3.06. The Hall–Kier alpha value is -1.65. The van der Waals surface area contributed by atoms with Crippen LogP contribution in [0, 0.1) is 0 Å². The zero-order chi connectivity index (χ0) is 18.1. The Morgan fingerprint density at radius 2 is 2.04 bits per heavy atom. The highest BCUT2D eigenvalue weighted by Gasteiger charge is 2.38. The first-order valence-corrected chi connectivity index (χ1v) is 8.54. The zero-order valence-corrected chi connectivity index (χ0v) is 13.9. The summed E-state index contributed by atoms with van der Waals surface area (Å²) >= 11 is 0. The van der Waals surface area contributed by atoms with Crippen LogP contribution in [-0.2, 0) is 20.9 Å². The molecule has 0 amide bonds. The Labute approximate surface area is 137 Å². The molecule has 2 rings (SSSR count). The molecule has 1 aromatic rings. The van der Waals surface area contributed by atoms with Gasteiger partial charge < -0.3 is 10.1 Å². The molecule has 0 aliphatic carbocycles. The van der Waals surface area contributed by atoms with Gasteiger partial charge in [0, 0.05) is 25.7 Å². The highest BCUT2D eigenvalue weighted by Crippen LogP contribution is 2.34. The standard InChI is InChI=1S/C14H17F3N2O4S/c1-9-8-19(6-5-18-9)24(21,22)10-3-4-11(13(20)23-2)12(7-10)14(15,16)17/h3-4,7,9,18H,5-6,8H2,1-2H3/t9-/m0/s1. The molecule has 0 unspecified atom stereocenters. The Balaban J connectivity index is 2.49. The summed E-state index contributed by atoms with van der Waals surface area (Å²) in [5.74, 6) is -1.18. The van der Waals surface area contributed by atoms with Gasteiger partial charge in [-0.15, -0.1) is 0 Å². The maximum absolute atomic E-state index is 13.2. The van der Waals surface area contributed by atoms with Gasteiger partial charge in [-0.3, -0.25) is 0 Å². The third-order valence-corrected chi connectivity index (χ3v) is 5.53. The van der Waals surface area contributed by atoms with E-state index in [4.69, 9.17) is 0 Å². The molecule has 1 aromatic carbocycles. The van der Waals surface area contributed by atoms with E-state index in [-0.39, 0.29) is 19.1 Å². The number of hydrogen-bond donors (Lipinski definition) is 1. The molecule has 0 saturated carbocycles. The van der Waals surface area contributed by atoms with Gasteiger partial charge in [-0.25, -0.2) is 13.2 Å². The number of ether oxygens (including phenoxy) is 1. The van der Waals surface area contributed by atoms with Gasteiger partial charge in [0.2, 0.25) is 10.0 Å². The molecule has 1 N–H and O–H groups in total. The molecule has 1 saturated heterocycles. The SMILES string of the molecule is COC(=O)c1ccc(S(=O)(=O)N2CCN[C@@H](C)C2)cc1C(F)(F)F. The fourth-order valence-corrected chi connectivity index (χ4v) is 4.03. The van der Waals surface area contributed by atoms with Gasteiger partial charge in [0.1, 0.15) is 0 Å². The van der Waals surface area contributed by atoms with Gasteiger partial charge in [0.25, 0.3) is 0 Å². The van der Waals surface area contributed by atoms with E-state index in [2.05, 4.69) is 10.1 Å². The van der Waals surface area contributed by atoms with E-state index in [0.717, 1.165) is 23.5 Å². The Kier molecular flexibility index (Phi) is 5.21. The van der Waals surface area contributed by atoms with Crippen LogP contribution in [0.1, 0.15) is 22.8 Å². The lowest BCUT2D eigenvalue weighted by Crippen LogP contribution is -2.51. The normalized spacial score (nSPS) is 20.0. The number of rotatable bonds is 3. The van der Waals surface area contributed by atoms with E-state index in [0.29, 0.717) is 12.6 Å². The van der Waals surface area contributed by atoms with Crippen LogP contribution in [0.25, 0.3) is 0 Å². The van der Waals surface area contributed by atoms with Crippen LogP contribution in [-0.4, -0.2) is 51.5 Å². The number of benzene rings is 1. The molecule has 1 atom stereocenters. The zero-order valence-electron chi connectivity index (χ0n) is 13.1. The first-order valence-electron chi connectivity index (χ1n) is 7.10. The van der Waals surface area contributed by atoms with Crippen LogP contribution in [0.15, 0.2) is 23.1 Å². The number of halogens is 3. The van der Waals surface area contributed by atoms with Crippen molar-refractivity contribution in [1.29, 1.82) is 0 Å². The Morgan fingerprint density at radius 3 is 2.58 bits per heavy atom. The van der Waals surface area contributed by atoms with Crippen LogP contribution in [0.2, 0.25) is 0 Å². The van der Waals surface area contributed by atoms with Crippen molar-refractivity contribution < 1.29 is 31.1 Å². The predicted molar refractivity (Wildman–Crippen MR) is 79.0 cm³/mol. The Morgan fingerprint density at radius 1 is 1.38 bits per heavy atom. The van der Waals surface area contributed by atoms with Crippen LogP contribution in [0.5, 0.6) is 0 Å². The summed E-state index contributed by atoms with van der Waals surface area (Å²) in [6.07, 6.45) is -4.88. The van der Waals surface area contributed by atoms with Crippen molar-refractivity contribution >= 4 is 16.0 Å². The molecule has 24 heavy (non-hydrogen) atoms. The van der Waals surface area contributed by atoms with Gasteiger partial charge in [0.15, 0.2) is 0 Å². The molecule has 0 aromatic heterocycles. The van der Waals surface area contributed by atoms with E-state index in [1.54, 1.807) is 6.92 Å². The molecule has 1 aliphatic rings. The number of carbonyl (C=O) groups excluding carboxylic acids is 1. The summed E-state index contributed by atoms with van der Waals surface area (Å²) in [6.45, 7) is 2.51. The minimum Gasteiger partial charge on any atom is -0.465 e. The van der Waals surface area contributed by atoms with E-state index >= 15 is 0 Å². The third-order valence-electron chi connectivity index (χ3n) is 3.67. The number of hydrogen-bond acceptors (Lipinski definition) is 5. The monoisotopic (exact) mass is 366 g/mol.